The zero-order chi connectivity index (χ0) is 9.68. The number of Topliss-reactive ketones (excluding diaryl/α,β-unsaturated/α-hetero) is 1. The number of ketones is 1. The minimum Gasteiger partial charge on any atom is -0.416 e. The van der Waals surface area contributed by atoms with Crippen molar-refractivity contribution in [3.8, 4) is 0 Å². The van der Waals surface area contributed by atoms with Gasteiger partial charge in [-0.2, -0.15) is 0 Å². The zero-order valence-electron chi connectivity index (χ0n) is 7.44. The van der Waals surface area contributed by atoms with Gasteiger partial charge in [0.25, 0.3) is 5.22 Å². The molecule has 0 aliphatic heterocycles. The van der Waals surface area contributed by atoms with Crippen molar-refractivity contribution in [1.82, 2.24) is 10.2 Å². The molecule has 0 bridgehead atoms. The minimum absolute atomic E-state index is 0.00310. The Labute approximate surface area is 79.9 Å². The molecule has 0 aliphatic rings. The van der Waals surface area contributed by atoms with Gasteiger partial charge < -0.3 is 9.15 Å². The van der Waals surface area contributed by atoms with Gasteiger partial charge in [-0.15, -0.1) is 10.2 Å². The number of thioether (sulfide) groups is 1. The van der Waals surface area contributed by atoms with E-state index in [2.05, 4.69) is 14.9 Å². The molecule has 6 heteroatoms. The number of rotatable bonds is 5. The average Bonchev–Trinajstić information content (AvgIpc) is 2.49. The highest BCUT2D eigenvalue weighted by Gasteiger charge is 2.06. The SMILES string of the molecule is COCC(=O)CSc1nnc(C)o1. The van der Waals surface area contributed by atoms with Gasteiger partial charge in [-0.3, -0.25) is 4.79 Å². The molecule has 13 heavy (non-hydrogen) atoms. The molecule has 0 spiro atoms. The van der Waals surface area contributed by atoms with Crippen LogP contribution in [0.25, 0.3) is 0 Å². The highest BCUT2D eigenvalue weighted by Crippen LogP contribution is 2.15. The van der Waals surface area contributed by atoms with Crippen LogP contribution in [0.15, 0.2) is 9.64 Å². The number of hydrogen-bond acceptors (Lipinski definition) is 6. The topological polar surface area (TPSA) is 65.2 Å². The first-order chi connectivity index (χ1) is 6.22. The lowest BCUT2D eigenvalue weighted by Crippen LogP contribution is -2.08. The van der Waals surface area contributed by atoms with Gasteiger partial charge in [0.2, 0.25) is 5.89 Å². The molecule has 0 saturated carbocycles. The molecule has 0 unspecified atom stereocenters. The van der Waals surface area contributed by atoms with Gasteiger partial charge in [0.1, 0.15) is 6.61 Å². The van der Waals surface area contributed by atoms with Gasteiger partial charge in [0.05, 0.1) is 5.75 Å². The van der Waals surface area contributed by atoms with Gasteiger partial charge in [-0.1, -0.05) is 11.8 Å². The van der Waals surface area contributed by atoms with E-state index in [1.54, 1.807) is 6.92 Å². The summed E-state index contributed by atoms with van der Waals surface area (Å²) in [5.74, 6) is 0.806. The van der Waals surface area contributed by atoms with E-state index in [0.29, 0.717) is 16.9 Å². The Kier molecular flexibility index (Phi) is 3.91. The van der Waals surface area contributed by atoms with Crippen LogP contribution in [0, 0.1) is 6.92 Å². The third kappa shape index (κ3) is 3.56. The van der Waals surface area contributed by atoms with E-state index >= 15 is 0 Å². The van der Waals surface area contributed by atoms with E-state index in [4.69, 9.17) is 4.42 Å². The third-order valence-electron chi connectivity index (χ3n) is 1.17. The molecule has 0 N–H and O–H groups in total. The Balaban J connectivity index is 2.30. The fourth-order valence-electron chi connectivity index (χ4n) is 0.682. The summed E-state index contributed by atoms with van der Waals surface area (Å²) in [5.41, 5.74) is 0. The maximum atomic E-state index is 11.0. The zero-order valence-corrected chi connectivity index (χ0v) is 8.26. The lowest BCUT2D eigenvalue weighted by Gasteiger charge is -1.94. The van der Waals surface area contributed by atoms with Crippen LogP contribution in [-0.2, 0) is 9.53 Å². The van der Waals surface area contributed by atoms with Gasteiger partial charge in [-0.05, 0) is 0 Å². The summed E-state index contributed by atoms with van der Waals surface area (Å²) in [5, 5.41) is 7.78. The molecule has 0 saturated heterocycles. The molecule has 0 aromatic carbocycles. The van der Waals surface area contributed by atoms with Crippen molar-refractivity contribution >= 4 is 17.5 Å². The van der Waals surface area contributed by atoms with Gasteiger partial charge >= 0.3 is 0 Å². The minimum atomic E-state index is 0.00310. The monoisotopic (exact) mass is 202 g/mol. The molecule has 72 valence electrons. The number of ether oxygens (including phenoxy) is 1. The van der Waals surface area contributed by atoms with Crippen LogP contribution >= 0.6 is 11.8 Å². The predicted octanol–water partition coefficient (Wildman–Crippen LogP) is 0.686. The molecule has 1 aromatic rings. The van der Waals surface area contributed by atoms with Crippen molar-refractivity contribution in [3.63, 3.8) is 0 Å². The summed E-state index contributed by atoms with van der Waals surface area (Å²) in [4.78, 5) is 11.0. The van der Waals surface area contributed by atoms with Crippen molar-refractivity contribution in [1.29, 1.82) is 0 Å². The summed E-state index contributed by atoms with van der Waals surface area (Å²) in [6.45, 7) is 1.83. The maximum absolute atomic E-state index is 11.0. The first kappa shape index (κ1) is 10.2. The fraction of sp³-hybridized carbons (Fsp3) is 0.571. The number of aryl methyl sites for hydroxylation is 1. The molecule has 0 radical (unpaired) electrons. The second-order valence-corrected chi connectivity index (χ2v) is 3.27. The van der Waals surface area contributed by atoms with Crippen LogP contribution < -0.4 is 0 Å². The van der Waals surface area contributed by atoms with E-state index < -0.39 is 0 Å². The third-order valence-corrected chi connectivity index (χ3v) is 2.05. The summed E-state index contributed by atoms with van der Waals surface area (Å²) >= 11 is 1.22. The molecule has 0 amide bonds. The summed E-state index contributed by atoms with van der Waals surface area (Å²) in [7, 11) is 1.49. The molecule has 0 aliphatic carbocycles. The van der Waals surface area contributed by atoms with Crippen LogP contribution in [0.5, 0.6) is 0 Å². The standard InChI is InChI=1S/C7H10N2O3S/c1-5-8-9-7(12-5)13-4-6(10)3-11-2/h3-4H2,1-2H3. The number of carbonyl (C=O) groups excluding carboxylic acids is 1. The second-order valence-electron chi connectivity index (χ2n) is 2.35. The number of methoxy groups -OCH3 is 1. The van der Waals surface area contributed by atoms with Crippen LogP contribution in [0.2, 0.25) is 0 Å². The number of carbonyl (C=O) groups is 1. The van der Waals surface area contributed by atoms with Crippen LogP contribution in [0.4, 0.5) is 0 Å². The van der Waals surface area contributed by atoms with Gasteiger partial charge in [0, 0.05) is 14.0 Å². The Hall–Kier alpha value is -0.880. The Morgan fingerprint density at radius 1 is 1.62 bits per heavy atom. The van der Waals surface area contributed by atoms with E-state index in [-0.39, 0.29) is 12.4 Å². The number of nitrogens with zero attached hydrogens (tertiary/aromatic N) is 2. The second kappa shape index (κ2) is 4.98. The maximum Gasteiger partial charge on any atom is 0.276 e. The molecule has 1 heterocycles. The lowest BCUT2D eigenvalue weighted by atomic mass is 10.5. The smallest absolute Gasteiger partial charge is 0.276 e. The van der Waals surface area contributed by atoms with E-state index in [9.17, 15) is 4.79 Å². The van der Waals surface area contributed by atoms with Crippen LogP contribution in [0.3, 0.4) is 0 Å². The van der Waals surface area contributed by atoms with Crippen molar-refractivity contribution in [2.75, 3.05) is 19.5 Å². The highest BCUT2D eigenvalue weighted by molar-refractivity contribution is 7.99. The average molecular weight is 202 g/mol. The summed E-state index contributed by atoms with van der Waals surface area (Å²) < 4.78 is 9.73. The quantitative estimate of drug-likeness (QED) is 0.654. The molecule has 5 nitrogen and oxygen atoms in total. The molecule has 0 fully saturated rings. The Morgan fingerprint density at radius 2 is 2.38 bits per heavy atom. The molecule has 1 aromatic heterocycles. The normalized spacial score (nSPS) is 10.3. The molecule has 1 rings (SSSR count). The Bertz CT molecular complexity index is 287. The number of aromatic nitrogens is 2. The van der Waals surface area contributed by atoms with E-state index in [1.165, 1.54) is 18.9 Å². The highest BCUT2D eigenvalue weighted by atomic mass is 32.2. The van der Waals surface area contributed by atoms with Crippen molar-refractivity contribution in [2.24, 2.45) is 0 Å². The molecular formula is C7H10N2O3S. The van der Waals surface area contributed by atoms with E-state index in [1.807, 2.05) is 0 Å². The van der Waals surface area contributed by atoms with Gasteiger partial charge in [0.15, 0.2) is 5.78 Å². The van der Waals surface area contributed by atoms with Crippen LogP contribution in [0.1, 0.15) is 5.89 Å². The van der Waals surface area contributed by atoms with Crippen molar-refractivity contribution in [3.05, 3.63) is 5.89 Å². The summed E-state index contributed by atoms with van der Waals surface area (Å²) in [6, 6.07) is 0. The first-order valence-electron chi connectivity index (χ1n) is 3.66. The molecular weight excluding hydrogens is 192 g/mol. The first-order valence-corrected chi connectivity index (χ1v) is 4.64. The lowest BCUT2D eigenvalue weighted by molar-refractivity contribution is -0.120. The van der Waals surface area contributed by atoms with Crippen molar-refractivity contribution < 1.29 is 13.9 Å². The predicted molar refractivity (Wildman–Crippen MR) is 46.6 cm³/mol. The summed E-state index contributed by atoms with van der Waals surface area (Å²) in [6.07, 6.45) is 0. The fourth-order valence-corrected chi connectivity index (χ4v) is 1.33. The van der Waals surface area contributed by atoms with Crippen molar-refractivity contribution in [2.45, 2.75) is 12.1 Å². The molecule has 0 atom stereocenters. The van der Waals surface area contributed by atoms with Crippen LogP contribution in [-0.4, -0.2) is 35.5 Å². The largest absolute Gasteiger partial charge is 0.416 e. The number of hydrogen-bond donors (Lipinski definition) is 0. The van der Waals surface area contributed by atoms with E-state index in [0.717, 1.165) is 0 Å². The van der Waals surface area contributed by atoms with Gasteiger partial charge in [-0.25, -0.2) is 0 Å². The Morgan fingerprint density at radius 3 is 2.92 bits per heavy atom.